The van der Waals surface area contributed by atoms with Crippen LogP contribution in [0.4, 0.5) is 5.69 Å². The maximum atomic E-state index is 12.1. The number of carbonyl (C=O) groups is 1. The van der Waals surface area contributed by atoms with Gasteiger partial charge < -0.3 is 10.1 Å². The lowest BCUT2D eigenvalue weighted by atomic mass is 10.0. The van der Waals surface area contributed by atoms with Gasteiger partial charge >= 0.3 is 0 Å². The lowest BCUT2D eigenvalue weighted by Gasteiger charge is -2.12. The van der Waals surface area contributed by atoms with Crippen LogP contribution in [0.5, 0.6) is 5.75 Å². The average molecular weight is 315 g/mol. The zero-order chi connectivity index (χ0) is 17.0. The summed E-state index contributed by atoms with van der Waals surface area (Å²) in [5.74, 6) is 1.00. The Bertz CT molecular complexity index is 690. The molecule has 124 valence electrons. The van der Waals surface area contributed by atoms with Crippen LogP contribution in [-0.4, -0.2) is 22.3 Å². The summed E-state index contributed by atoms with van der Waals surface area (Å²) in [6.45, 7) is 8.25. The summed E-state index contributed by atoms with van der Waals surface area (Å²) in [4.78, 5) is 12.1. The highest BCUT2D eigenvalue weighted by molar-refractivity contribution is 5.92. The molecule has 0 bridgehead atoms. The molecule has 23 heavy (non-hydrogen) atoms. The smallest absolute Gasteiger partial charge is 0.262 e. The van der Waals surface area contributed by atoms with E-state index in [1.54, 1.807) is 10.9 Å². The van der Waals surface area contributed by atoms with E-state index in [4.69, 9.17) is 4.74 Å². The second-order valence-corrected chi connectivity index (χ2v) is 6.03. The van der Waals surface area contributed by atoms with Gasteiger partial charge in [0.1, 0.15) is 5.75 Å². The van der Waals surface area contributed by atoms with Crippen molar-refractivity contribution in [2.45, 2.75) is 40.0 Å². The molecule has 0 aliphatic rings. The number of carbonyl (C=O) groups excluding carboxylic acids is 1. The third-order valence-electron chi connectivity index (χ3n) is 3.75. The van der Waals surface area contributed by atoms with Crippen LogP contribution in [0.2, 0.25) is 0 Å². The molecule has 1 aromatic heterocycles. The lowest BCUT2D eigenvalue weighted by molar-refractivity contribution is -0.118. The fourth-order valence-electron chi connectivity index (χ4n) is 2.36. The molecule has 1 aromatic carbocycles. The molecular weight excluding hydrogens is 290 g/mol. The van der Waals surface area contributed by atoms with Crippen molar-refractivity contribution in [3.63, 3.8) is 0 Å². The van der Waals surface area contributed by atoms with Crippen molar-refractivity contribution >= 4 is 11.6 Å². The minimum Gasteiger partial charge on any atom is -0.483 e. The SMILES string of the molecule is CCc1nn(C)cc1NC(=O)COc1cc(C(C)C)ccc1C. The Kier molecular flexibility index (Phi) is 5.42. The molecule has 5 nitrogen and oxygen atoms in total. The predicted octanol–water partition coefficient (Wildman–Crippen LogP) is 3.43. The van der Waals surface area contributed by atoms with Gasteiger partial charge in [-0.05, 0) is 36.5 Å². The highest BCUT2D eigenvalue weighted by Crippen LogP contribution is 2.24. The average Bonchev–Trinajstić information content (AvgIpc) is 2.85. The Morgan fingerprint density at radius 1 is 1.39 bits per heavy atom. The highest BCUT2D eigenvalue weighted by Gasteiger charge is 2.11. The highest BCUT2D eigenvalue weighted by atomic mass is 16.5. The van der Waals surface area contributed by atoms with Gasteiger partial charge in [0.2, 0.25) is 0 Å². The van der Waals surface area contributed by atoms with Crippen LogP contribution in [0.1, 0.15) is 43.5 Å². The van der Waals surface area contributed by atoms with Gasteiger partial charge in [0, 0.05) is 13.2 Å². The van der Waals surface area contributed by atoms with Gasteiger partial charge in [-0.15, -0.1) is 0 Å². The number of rotatable bonds is 6. The minimum absolute atomic E-state index is 0.0135. The maximum Gasteiger partial charge on any atom is 0.262 e. The van der Waals surface area contributed by atoms with Gasteiger partial charge in [0.05, 0.1) is 11.4 Å². The molecule has 0 aliphatic carbocycles. The number of hydrogen-bond donors (Lipinski definition) is 1. The van der Waals surface area contributed by atoms with Crippen LogP contribution in [0.15, 0.2) is 24.4 Å². The molecule has 2 aromatic rings. The molecule has 0 aliphatic heterocycles. The molecule has 1 amide bonds. The van der Waals surface area contributed by atoms with Gasteiger partial charge in [0.15, 0.2) is 6.61 Å². The number of ether oxygens (including phenoxy) is 1. The van der Waals surface area contributed by atoms with Crippen molar-refractivity contribution < 1.29 is 9.53 Å². The number of benzene rings is 1. The van der Waals surface area contributed by atoms with Crippen LogP contribution in [-0.2, 0) is 18.3 Å². The van der Waals surface area contributed by atoms with Gasteiger partial charge in [-0.2, -0.15) is 5.10 Å². The summed E-state index contributed by atoms with van der Waals surface area (Å²) < 4.78 is 7.40. The first kappa shape index (κ1) is 17.1. The van der Waals surface area contributed by atoms with Crippen molar-refractivity contribution in [2.75, 3.05) is 11.9 Å². The molecule has 0 radical (unpaired) electrons. The van der Waals surface area contributed by atoms with Gasteiger partial charge in [-0.3, -0.25) is 9.48 Å². The zero-order valence-corrected chi connectivity index (χ0v) is 14.5. The molecule has 5 heteroatoms. The third-order valence-corrected chi connectivity index (χ3v) is 3.75. The summed E-state index contributed by atoms with van der Waals surface area (Å²) in [6, 6.07) is 6.13. The van der Waals surface area contributed by atoms with E-state index < -0.39 is 0 Å². The van der Waals surface area contributed by atoms with Crippen molar-refractivity contribution in [2.24, 2.45) is 7.05 Å². The van der Waals surface area contributed by atoms with E-state index in [1.807, 2.05) is 33.0 Å². The lowest BCUT2D eigenvalue weighted by Crippen LogP contribution is -2.20. The minimum atomic E-state index is -0.179. The molecular formula is C18H25N3O2. The summed E-state index contributed by atoms with van der Waals surface area (Å²) in [6.07, 6.45) is 2.58. The number of nitrogens with zero attached hydrogens (tertiary/aromatic N) is 2. The summed E-state index contributed by atoms with van der Waals surface area (Å²) >= 11 is 0. The fourth-order valence-corrected chi connectivity index (χ4v) is 2.36. The van der Waals surface area contributed by atoms with E-state index in [0.717, 1.165) is 29.1 Å². The first-order chi connectivity index (χ1) is 10.9. The fraction of sp³-hybridized carbons (Fsp3) is 0.444. The number of amides is 1. The van der Waals surface area contributed by atoms with E-state index in [2.05, 4.69) is 30.3 Å². The topological polar surface area (TPSA) is 56.2 Å². The summed E-state index contributed by atoms with van der Waals surface area (Å²) in [5, 5.41) is 7.17. The Morgan fingerprint density at radius 3 is 2.78 bits per heavy atom. The number of aryl methyl sites for hydroxylation is 3. The Morgan fingerprint density at radius 2 is 2.13 bits per heavy atom. The Labute approximate surface area is 137 Å². The predicted molar refractivity (Wildman–Crippen MR) is 92.0 cm³/mol. The van der Waals surface area contributed by atoms with Crippen molar-refractivity contribution in [3.8, 4) is 5.75 Å². The molecule has 1 N–H and O–H groups in total. The second-order valence-electron chi connectivity index (χ2n) is 6.03. The molecule has 1 heterocycles. The van der Waals surface area contributed by atoms with Crippen LogP contribution >= 0.6 is 0 Å². The van der Waals surface area contributed by atoms with Crippen molar-refractivity contribution in [3.05, 3.63) is 41.2 Å². The maximum absolute atomic E-state index is 12.1. The van der Waals surface area contributed by atoms with Crippen LogP contribution < -0.4 is 10.1 Å². The summed E-state index contributed by atoms with van der Waals surface area (Å²) in [5.41, 5.74) is 3.85. The summed E-state index contributed by atoms with van der Waals surface area (Å²) in [7, 11) is 1.84. The standard InChI is InChI=1S/C18H25N3O2/c1-6-15-16(10-21(5)20-15)19-18(22)11-23-17-9-14(12(2)3)8-7-13(17)4/h7-10,12H,6,11H2,1-5H3,(H,19,22). The molecule has 0 saturated carbocycles. The second kappa shape index (κ2) is 7.31. The molecule has 0 fully saturated rings. The quantitative estimate of drug-likeness (QED) is 0.888. The van der Waals surface area contributed by atoms with E-state index in [0.29, 0.717) is 5.92 Å². The molecule has 0 saturated heterocycles. The Balaban J connectivity index is 2.00. The third kappa shape index (κ3) is 4.34. The molecule has 0 unspecified atom stereocenters. The largest absolute Gasteiger partial charge is 0.483 e. The number of anilines is 1. The van der Waals surface area contributed by atoms with E-state index >= 15 is 0 Å². The van der Waals surface area contributed by atoms with Crippen molar-refractivity contribution in [1.29, 1.82) is 0 Å². The number of hydrogen-bond acceptors (Lipinski definition) is 3. The van der Waals surface area contributed by atoms with Gasteiger partial charge in [0.25, 0.3) is 5.91 Å². The van der Waals surface area contributed by atoms with Crippen molar-refractivity contribution in [1.82, 2.24) is 9.78 Å². The van der Waals surface area contributed by atoms with E-state index in [-0.39, 0.29) is 12.5 Å². The monoisotopic (exact) mass is 315 g/mol. The zero-order valence-electron chi connectivity index (χ0n) is 14.5. The van der Waals surface area contributed by atoms with Crippen LogP contribution in [0, 0.1) is 6.92 Å². The molecule has 0 spiro atoms. The normalized spacial score (nSPS) is 10.9. The van der Waals surface area contributed by atoms with Gasteiger partial charge in [-0.25, -0.2) is 0 Å². The van der Waals surface area contributed by atoms with E-state index in [9.17, 15) is 4.79 Å². The first-order valence-electron chi connectivity index (χ1n) is 7.96. The van der Waals surface area contributed by atoms with Crippen LogP contribution in [0.25, 0.3) is 0 Å². The Hall–Kier alpha value is -2.30. The number of nitrogens with one attached hydrogen (secondary N) is 1. The van der Waals surface area contributed by atoms with E-state index in [1.165, 1.54) is 5.56 Å². The molecule has 0 atom stereocenters. The number of aromatic nitrogens is 2. The van der Waals surface area contributed by atoms with Gasteiger partial charge in [-0.1, -0.05) is 32.9 Å². The van der Waals surface area contributed by atoms with Crippen LogP contribution in [0.3, 0.4) is 0 Å². The molecule has 2 rings (SSSR count). The first-order valence-corrected chi connectivity index (χ1v) is 7.96.